The Morgan fingerprint density at radius 1 is 1.14 bits per heavy atom. The maximum Gasteiger partial charge on any atom is 0.258 e. The number of carbonyl (C=O) groups excluding carboxylic acids is 1. The van der Waals surface area contributed by atoms with Gasteiger partial charge in [-0.15, -0.1) is 0 Å². The van der Waals surface area contributed by atoms with E-state index in [2.05, 4.69) is 11.4 Å². The third-order valence-electron chi connectivity index (χ3n) is 3.80. The quantitative estimate of drug-likeness (QED) is 0.910. The zero-order chi connectivity index (χ0) is 16.1. The number of aryl methyl sites for hydroxylation is 2. The van der Waals surface area contributed by atoms with Gasteiger partial charge in [-0.3, -0.25) is 4.79 Å². The lowest BCUT2D eigenvalue weighted by Crippen LogP contribution is -2.31. The number of amides is 1. The molecular weight excluding hydrogens is 274 g/mol. The summed E-state index contributed by atoms with van der Waals surface area (Å²) in [6.45, 7) is 8.08. The third kappa shape index (κ3) is 4.10. The summed E-state index contributed by atoms with van der Waals surface area (Å²) in [6, 6.07) is 13.9. The van der Waals surface area contributed by atoms with Crippen molar-refractivity contribution in [2.75, 3.05) is 6.61 Å². The van der Waals surface area contributed by atoms with Crippen molar-refractivity contribution in [3.8, 4) is 5.75 Å². The van der Waals surface area contributed by atoms with E-state index < -0.39 is 0 Å². The van der Waals surface area contributed by atoms with Gasteiger partial charge in [0.25, 0.3) is 5.91 Å². The Morgan fingerprint density at radius 3 is 2.50 bits per heavy atom. The zero-order valence-corrected chi connectivity index (χ0v) is 13.6. The Morgan fingerprint density at radius 2 is 1.82 bits per heavy atom. The van der Waals surface area contributed by atoms with Crippen LogP contribution in [0.15, 0.2) is 42.5 Å². The Kier molecular flexibility index (Phi) is 5.21. The van der Waals surface area contributed by atoms with Crippen molar-refractivity contribution in [1.29, 1.82) is 0 Å². The van der Waals surface area contributed by atoms with E-state index in [1.54, 1.807) is 0 Å². The van der Waals surface area contributed by atoms with E-state index >= 15 is 0 Å². The van der Waals surface area contributed by atoms with Gasteiger partial charge in [0.05, 0.1) is 6.04 Å². The third-order valence-corrected chi connectivity index (χ3v) is 3.80. The van der Waals surface area contributed by atoms with Crippen LogP contribution in [0.25, 0.3) is 0 Å². The van der Waals surface area contributed by atoms with Crippen LogP contribution in [0, 0.1) is 20.8 Å². The molecule has 0 unspecified atom stereocenters. The van der Waals surface area contributed by atoms with Gasteiger partial charge in [-0.2, -0.15) is 0 Å². The van der Waals surface area contributed by atoms with Gasteiger partial charge in [0.2, 0.25) is 0 Å². The van der Waals surface area contributed by atoms with Crippen molar-refractivity contribution in [3.63, 3.8) is 0 Å². The summed E-state index contributed by atoms with van der Waals surface area (Å²) >= 11 is 0. The first-order valence-electron chi connectivity index (χ1n) is 7.52. The highest BCUT2D eigenvalue weighted by Crippen LogP contribution is 2.23. The number of rotatable bonds is 5. The van der Waals surface area contributed by atoms with Crippen molar-refractivity contribution in [1.82, 2.24) is 5.32 Å². The van der Waals surface area contributed by atoms with Crippen molar-refractivity contribution in [3.05, 3.63) is 64.7 Å². The first-order valence-corrected chi connectivity index (χ1v) is 7.52. The van der Waals surface area contributed by atoms with Crippen LogP contribution >= 0.6 is 0 Å². The molecule has 3 heteroatoms. The molecule has 0 radical (unpaired) electrons. The minimum Gasteiger partial charge on any atom is -0.483 e. The predicted octanol–water partition coefficient (Wildman–Crippen LogP) is 3.87. The number of nitrogens with one attached hydrogen (secondary N) is 1. The topological polar surface area (TPSA) is 38.3 Å². The van der Waals surface area contributed by atoms with Crippen LogP contribution in [0.5, 0.6) is 5.75 Å². The van der Waals surface area contributed by atoms with Gasteiger partial charge in [0, 0.05) is 0 Å². The van der Waals surface area contributed by atoms with Crippen molar-refractivity contribution in [2.24, 2.45) is 0 Å². The van der Waals surface area contributed by atoms with E-state index in [0.717, 1.165) is 22.4 Å². The van der Waals surface area contributed by atoms with Gasteiger partial charge < -0.3 is 10.1 Å². The number of benzene rings is 2. The summed E-state index contributed by atoms with van der Waals surface area (Å²) < 4.78 is 5.68. The zero-order valence-electron chi connectivity index (χ0n) is 13.6. The normalized spacial score (nSPS) is 11.8. The molecule has 3 nitrogen and oxygen atoms in total. The minimum absolute atomic E-state index is 0.0287. The number of hydrogen-bond acceptors (Lipinski definition) is 2. The lowest BCUT2D eigenvalue weighted by atomic mass is 10.1. The highest BCUT2D eigenvalue weighted by Gasteiger charge is 2.11. The molecule has 2 aromatic carbocycles. The Hall–Kier alpha value is -2.29. The molecular formula is C19H23NO2. The molecule has 2 aromatic rings. The lowest BCUT2D eigenvalue weighted by molar-refractivity contribution is -0.123. The molecule has 1 atom stereocenters. The standard InChI is InChI=1S/C19H23NO2/c1-13-10-14(2)15(3)18(11-13)22-12-19(21)20-16(4)17-8-6-5-7-9-17/h5-11,16H,12H2,1-4H3,(H,20,21)/t16-/m0/s1. The molecule has 0 saturated heterocycles. The lowest BCUT2D eigenvalue weighted by Gasteiger charge is -2.16. The largest absolute Gasteiger partial charge is 0.483 e. The van der Waals surface area contributed by atoms with Gasteiger partial charge in [-0.05, 0) is 56.0 Å². The second kappa shape index (κ2) is 7.12. The average molecular weight is 297 g/mol. The summed E-state index contributed by atoms with van der Waals surface area (Å²) in [4.78, 5) is 12.0. The van der Waals surface area contributed by atoms with Crippen LogP contribution in [0.1, 0.15) is 35.2 Å². The van der Waals surface area contributed by atoms with Crippen LogP contribution in [0.3, 0.4) is 0 Å². The van der Waals surface area contributed by atoms with Crippen molar-refractivity contribution < 1.29 is 9.53 Å². The fraction of sp³-hybridized carbons (Fsp3) is 0.316. The summed E-state index contributed by atoms with van der Waals surface area (Å²) in [5.41, 5.74) is 4.47. The van der Waals surface area contributed by atoms with Crippen molar-refractivity contribution >= 4 is 5.91 Å². The number of ether oxygens (including phenoxy) is 1. The van der Waals surface area contributed by atoms with Gasteiger partial charge in [0.15, 0.2) is 6.61 Å². The maximum absolute atomic E-state index is 12.0. The molecule has 116 valence electrons. The van der Waals surface area contributed by atoms with Gasteiger partial charge in [-0.1, -0.05) is 36.4 Å². The fourth-order valence-corrected chi connectivity index (χ4v) is 2.40. The molecule has 0 aromatic heterocycles. The molecule has 0 fully saturated rings. The first kappa shape index (κ1) is 16.1. The second-order valence-electron chi connectivity index (χ2n) is 5.69. The molecule has 1 N–H and O–H groups in total. The van der Waals surface area contributed by atoms with Gasteiger partial charge in [-0.25, -0.2) is 0 Å². The molecule has 0 saturated carbocycles. The second-order valence-corrected chi connectivity index (χ2v) is 5.69. The van der Waals surface area contributed by atoms with E-state index in [9.17, 15) is 4.79 Å². The molecule has 1 amide bonds. The van der Waals surface area contributed by atoms with Gasteiger partial charge in [0.1, 0.15) is 5.75 Å². The molecule has 0 heterocycles. The monoisotopic (exact) mass is 297 g/mol. The smallest absolute Gasteiger partial charge is 0.258 e. The Bertz CT molecular complexity index is 650. The van der Waals surface area contributed by atoms with Crippen LogP contribution in [0.4, 0.5) is 0 Å². The average Bonchev–Trinajstić information content (AvgIpc) is 2.50. The Balaban J connectivity index is 1.93. The van der Waals surface area contributed by atoms with Crippen molar-refractivity contribution in [2.45, 2.75) is 33.7 Å². The highest BCUT2D eigenvalue weighted by atomic mass is 16.5. The van der Waals surface area contributed by atoms with Crippen LogP contribution in [-0.4, -0.2) is 12.5 Å². The van der Waals surface area contributed by atoms with E-state index in [-0.39, 0.29) is 18.6 Å². The molecule has 0 aliphatic heterocycles. The summed E-state index contributed by atoms with van der Waals surface area (Å²) in [5, 5.41) is 2.95. The summed E-state index contributed by atoms with van der Waals surface area (Å²) in [6.07, 6.45) is 0. The van der Waals surface area contributed by atoms with Crippen LogP contribution < -0.4 is 10.1 Å². The van der Waals surface area contributed by atoms with Crippen LogP contribution in [-0.2, 0) is 4.79 Å². The molecule has 0 bridgehead atoms. The first-order chi connectivity index (χ1) is 10.5. The maximum atomic E-state index is 12.0. The number of carbonyl (C=O) groups is 1. The van der Waals surface area contributed by atoms with E-state index in [1.807, 2.05) is 64.1 Å². The Labute approximate surface area is 132 Å². The van der Waals surface area contributed by atoms with E-state index in [1.165, 1.54) is 5.56 Å². The molecule has 0 spiro atoms. The number of hydrogen-bond donors (Lipinski definition) is 1. The fourth-order valence-electron chi connectivity index (χ4n) is 2.40. The predicted molar refractivity (Wildman–Crippen MR) is 89.1 cm³/mol. The SMILES string of the molecule is Cc1cc(C)c(C)c(OCC(=O)N[C@@H](C)c2ccccc2)c1. The highest BCUT2D eigenvalue weighted by molar-refractivity contribution is 5.78. The van der Waals surface area contributed by atoms with E-state index in [0.29, 0.717) is 0 Å². The summed E-state index contributed by atoms with van der Waals surface area (Å²) in [7, 11) is 0. The molecule has 0 aliphatic rings. The molecule has 22 heavy (non-hydrogen) atoms. The molecule has 0 aliphatic carbocycles. The van der Waals surface area contributed by atoms with Crippen LogP contribution in [0.2, 0.25) is 0 Å². The van der Waals surface area contributed by atoms with Gasteiger partial charge >= 0.3 is 0 Å². The molecule has 2 rings (SSSR count). The van der Waals surface area contributed by atoms with E-state index in [4.69, 9.17) is 4.74 Å². The minimum atomic E-state index is -0.116. The summed E-state index contributed by atoms with van der Waals surface area (Å²) in [5.74, 6) is 0.662.